The van der Waals surface area contributed by atoms with Gasteiger partial charge in [0, 0.05) is 16.2 Å². The van der Waals surface area contributed by atoms with Gasteiger partial charge in [-0.1, -0.05) is 19.3 Å². The van der Waals surface area contributed by atoms with Gasteiger partial charge in [0.25, 0.3) is 0 Å². The van der Waals surface area contributed by atoms with Crippen LogP contribution in [0.15, 0.2) is 21.5 Å². The lowest BCUT2D eigenvalue weighted by Gasteiger charge is -2.23. The van der Waals surface area contributed by atoms with Gasteiger partial charge >= 0.3 is 0 Å². The highest BCUT2D eigenvalue weighted by Gasteiger charge is 2.25. The highest BCUT2D eigenvalue weighted by molar-refractivity contribution is 9.10. The van der Waals surface area contributed by atoms with Crippen LogP contribution in [-0.4, -0.2) is 21.6 Å². The first-order chi connectivity index (χ1) is 9.44. The maximum Gasteiger partial charge on any atom is 0.244 e. The van der Waals surface area contributed by atoms with Crippen LogP contribution in [0.2, 0.25) is 0 Å². The number of nitrogen functional groups attached to an aromatic ring is 1. The predicted octanol–water partition coefficient (Wildman–Crippen LogP) is 2.65. The predicted molar refractivity (Wildman–Crippen MR) is 82.3 cm³/mol. The van der Waals surface area contributed by atoms with Crippen LogP contribution in [0.5, 0.6) is 5.75 Å². The Labute approximate surface area is 128 Å². The first kappa shape index (κ1) is 15.6. The van der Waals surface area contributed by atoms with Crippen LogP contribution in [0.1, 0.15) is 32.1 Å². The summed E-state index contributed by atoms with van der Waals surface area (Å²) >= 11 is 3.27. The molecule has 1 aliphatic rings. The van der Waals surface area contributed by atoms with Crippen LogP contribution in [0, 0.1) is 0 Å². The molecule has 0 radical (unpaired) electrons. The lowest BCUT2D eigenvalue weighted by atomic mass is 9.96. The Balaban J connectivity index is 2.30. The minimum Gasteiger partial charge on any atom is -0.495 e. The maximum absolute atomic E-state index is 12.5. The van der Waals surface area contributed by atoms with Crippen molar-refractivity contribution in [3.8, 4) is 5.75 Å². The molecule has 0 atom stereocenters. The van der Waals surface area contributed by atoms with Crippen molar-refractivity contribution < 1.29 is 13.2 Å². The van der Waals surface area contributed by atoms with Crippen LogP contribution in [0.25, 0.3) is 0 Å². The molecule has 20 heavy (non-hydrogen) atoms. The van der Waals surface area contributed by atoms with E-state index in [9.17, 15) is 8.42 Å². The number of sulfonamides is 1. The Morgan fingerprint density at radius 1 is 1.30 bits per heavy atom. The number of hydrogen-bond acceptors (Lipinski definition) is 4. The lowest BCUT2D eigenvalue weighted by molar-refractivity contribution is 0.396. The Bertz CT molecular complexity index is 584. The second-order valence-corrected chi connectivity index (χ2v) is 7.52. The molecule has 0 heterocycles. The van der Waals surface area contributed by atoms with E-state index in [2.05, 4.69) is 20.7 Å². The summed E-state index contributed by atoms with van der Waals surface area (Å²) in [7, 11) is -2.18. The number of benzene rings is 1. The van der Waals surface area contributed by atoms with E-state index in [0.29, 0.717) is 10.2 Å². The molecule has 0 unspecified atom stereocenters. The molecule has 1 saturated carbocycles. The fourth-order valence-electron chi connectivity index (χ4n) is 2.42. The van der Waals surface area contributed by atoms with Crippen molar-refractivity contribution >= 4 is 31.6 Å². The summed E-state index contributed by atoms with van der Waals surface area (Å²) < 4.78 is 33.5. The standard InChI is InChI=1S/C13H19BrN2O3S/c1-19-12-7-10(14)11(15)8-13(12)20(17,18)16-9-5-3-2-4-6-9/h7-9,16H,2-6,15H2,1H3. The van der Waals surface area contributed by atoms with Crippen molar-refractivity contribution in [3.63, 3.8) is 0 Å². The third kappa shape index (κ3) is 3.45. The van der Waals surface area contributed by atoms with Crippen molar-refractivity contribution in [2.45, 2.75) is 43.0 Å². The Morgan fingerprint density at radius 2 is 1.95 bits per heavy atom. The zero-order valence-corrected chi connectivity index (χ0v) is 13.8. The number of rotatable bonds is 4. The summed E-state index contributed by atoms with van der Waals surface area (Å²) in [4.78, 5) is 0.0891. The zero-order chi connectivity index (χ0) is 14.8. The first-order valence-corrected chi connectivity index (χ1v) is 8.87. The Kier molecular flexibility index (Phi) is 4.93. The van der Waals surface area contributed by atoms with Gasteiger partial charge in [-0.05, 0) is 40.9 Å². The molecule has 7 heteroatoms. The van der Waals surface area contributed by atoms with E-state index in [1.807, 2.05) is 0 Å². The number of anilines is 1. The summed E-state index contributed by atoms with van der Waals surface area (Å²) in [5.41, 5.74) is 6.15. The van der Waals surface area contributed by atoms with Crippen LogP contribution in [0.3, 0.4) is 0 Å². The molecule has 5 nitrogen and oxygen atoms in total. The van der Waals surface area contributed by atoms with Gasteiger partial charge in [-0.2, -0.15) is 0 Å². The molecule has 1 fully saturated rings. The summed E-state index contributed by atoms with van der Waals surface area (Å²) in [5, 5.41) is 0. The van der Waals surface area contributed by atoms with Gasteiger partial charge in [0.15, 0.2) is 0 Å². The van der Waals surface area contributed by atoms with Gasteiger partial charge in [-0.3, -0.25) is 0 Å². The van der Waals surface area contributed by atoms with Crippen LogP contribution < -0.4 is 15.2 Å². The second-order valence-electron chi connectivity index (χ2n) is 4.98. The number of hydrogen-bond donors (Lipinski definition) is 2. The average Bonchev–Trinajstić information content (AvgIpc) is 2.42. The molecular formula is C13H19BrN2O3S. The second kappa shape index (κ2) is 6.32. The molecule has 0 amide bonds. The van der Waals surface area contributed by atoms with Crippen LogP contribution in [0.4, 0.5) is 5.69 Å². The van der Waals surface area contributed by atoms with Crippen molar-refractivity contribution in [3.05, 3.63) is 16.6 Å². The summed E-state index contributed by atoms with van der Waals surface area (Å²) in [6, 6.07) is 3.00. The van der Waals surface area contributed by atoms with Crippen molar-refractivity contribution in [1.82, 2.24) is 4.72 Å². The molecule has 0 saturated heterocycles. The van der Waals surface area contributed by atoms with Gasteiger partial charge in [-0.25, -0.2) is 13.1 Å². The number of nitrogens with one attached hydrogen (secondary N) is 1. The third-order valence-electron chi connectivity index (χ3n) is 3.50. The molecule has 2 rings (SSSR count). The minimum absolute atomic E-state index is 0.00308. The monoisotopic (exact) mass is 362 g/mol. The molecule has 0 aliphatic heterocycles. The van der Waals surface area contributed by atoms with Crippen molar-refractivity contribution in [1.29, 1.82) is 0 Å². The number of methoxy groups -OCH3 is 1. The molecule has 0 bridgehead atoms. The number of halogens is 1. The molecule has 112 valence electrons. The van der Waals surface area contributed by atoms with Gasteiger partial charge in [0.1, 0.15) is 10.6 Å². The minimum atomic E-state index is -3.62. The fraction of sp³-hybridized carbons (Fsp3) is 0.538. The molecule has 1 aromatic carbocycles. The fourth-order valence-corrected chi connectivity index (χ4v) is 4.24. The molecule has 1 aliphatic carbocycles. The SMILES string of the molecule is COc1cc(Br)c(N)cc1S(=O)(=O)NC1CCCCC1. The van der Waals surface area contributed by atoms with E-state index in [-0.39, 0.29) is 16.7 Å². The Morgan fingerprint density at radius 3 is 2.55 bits per heavy atom. The van der Waals surface area contributed by atoms with Crippen molar-refractivity contribution in [2.75, 3.05) is 12.8 Å². The normalized spacial score (nSPS) is 17.1. The van der Waals surface area contributed by atoms with Gasteiger partial charge in [-0.15, -0.1) is 0 Å². The smallest absolute Gasteiger partial charge is 0.244 e. The average molecular weight is 363 g/mol. The van der Waals surface area contributed by atoms with Gasteiger partial charge in [0.2, 0.25) is 10.0 Å². The number of ether oxygens (including phenoxy) is 1. The van der Waals surface area contributed by atoms with E-state index in [1.165, 1.54) is 19.6 Å². The Hall–Kier alpha value is -0.790. The molecule has 1 aromatic rings. The van der Waals surface area contributed by atoms with E-state index < -0.39 is 10.0 Å². The summed E-state index contributed by atoms with van der Waals surface area (Å²) in [6.07, 6.45) is 5.06. The van der Waals surface area contributed by atoms with Crippen LogP contribution >= 0.6 is 15.9 Å². The largest absolute Gasteiger partial charge is 0.495 e. The van der Waals surface area contributed by atoms with Gasteiger partial charge in [0.05, 0.1) is 7.11 Å². The lowest BCUT2D eigenvalue weighted by Crippen LogP contribution is -2.36. The highest BCUT2D eigenvalue weighted by atomic mass is 79.9. The first-order valence-electron chi connectivity index (χ1n) is 6.59. The topological polar surface area (TPSA) is 81.4 Å². The molecule has 0 spiro atoms. The van der Waals surface area contributed by atoms with Gasteiger partial charge < -0.3 is 10.5 Å². The third-order valence-corrected chi connectivity index (χ3v) is 5.73. The van der Waals surface area contributed by atoms with E-state index in [4.69, 9.17) is 10.5 Å². The maximum atomic E-state index is 12.5. The van der Waals surface area contributed by atoms with E-state index >= 15 is 0 Å². The quantitative estimate of drug-likeness (QED) is 0.806. The van der Waals surface area contributed by atoms with E-state index in [1.54, 1.807) is 6.07 Å². The molecule has 0 aromatic heterocycles. The molecule has 3 N–H and O–H groups in total. The summed E-state index contributed by atoms with van der Waals surface area (Å²) in [6.45, 7) is 0. The zero-order valence-electron chi connectivity index (χ0n) is 11.4. The summed E-state index contributed by atoms with van der Waals surface area (Å²) in [5.74, 6) is 0.286. The van der Waals surface area contributed by atoms with E-state index in [0.717, 1.165) is 25.7 Å². The van der Waals surface area contributed by atoms with Crippen LogP contribution in [-0.2, 0) is 10.0 Å². The highest BCUT2D eigenvalue weighted by Crippen LogP contribution is 2.32. The number of nitrogens with two attached hydrogens (primary N) is 1. The molecular weight excluding hydrogens is 344 g/mol. The van der Waals surface area contributed by atoms with Crippen molar-refractivity contribution in [2.24, 2.45) is 0 Å².